The third kappa shape index (κ3) is 4.88. The number of amides is 1. The number of carbonyl (C=O) groups excluding carboxylic acids is 1. The molecule has 1 amide bonds. The van der Waals surface area contributed by atoms with Crippen molar-refractivity contribution in [3.8, 4) is 22.8 Å². The van der Waals surface area contributed by atoms with E-state index in [1.54, 1.807) is 6.07 Å². The molecule has 174 valence electrons. The number of fused-ring (bicyclic) bond motifs is 1. The van der Waals surface area contributed by atoms with Gasteiger partial charge in [-0.1, -0.05) is 78.3 Å². The van der Waals surface area contributed by atoms with Crippen LogP contribution in [0.25, 0.3) is 28.0 Å². The van der Waals surface area contributed by atoms with Crippen LogP contribution in [0.5, 0.6) is 5.88 Å². The van der Waals surface area contributed by atoms with Crippen molar-refractivity contribution in [1.29, 1.82) is 0 Å². The molecule has 0 bridgehead atoms. The standard InChI is InChI=1S/C28H23ClN4O2/c1-19-16-25(35-18-24(34)30-17-21-12-8-9-15-23(21)29)31-28-26(19)27(20-10-4-2-5-11-20)32-33(28)22-13-6-3-7-14-22/h2-16H,17-18H2,1H3,(H,30,34). The van der Waals surface area contributed by atoms with Crippen molar-refractivity contribution >= 4 is 28.5 Å². The highest BCUT2D eigenvalue weighted by molar-refractivity contribution is 6.31. The predicted octanol–water partition coefficient (Wildman–Crippen LogP) is 5.74. The van der Waals surface area contributed by atoms with E-state index in [2.05, 4.69) is 5.32 Å². The Morgan fingerprint density at radius 3 is 2.40 bits per heavy atom. The SMILES string of the molecule is Cc1cc(OCC(=O)NCc2ccccc2Cl)nc2c1c(-c1ccccc1)nn2-c1ccccc1. The van der Waals surface area contributed by atoms with E-state index in [4.69, 9.17) is 26.4 Å². The number of aryl methyl sites for hydroxylation is 1. The highest BCUT2D eigenvalue weighted by Gasteiger charge is 2.19. The number of hydrogen-bond acceptors (Lipinski definition) is 4. The molecular formula is C28H23ClN4O2. The number of hydrogen-bond donors (Lipinski definition) is 1. The summed E-state index contributed by atoms with van der Waals surface area (Å²) in [7, 11) is 0. The largest absolute Gasteiger partial charge is 0.468 e. The molecular weight excluding hydrogens is 460 g/mol. The first-order valence-electron chi connectivity index (χ1n) is 11.2. The van der Waals surface area contributed by atoms with Crippen molar-refractivity contribution in [2.24, 2.45) is 0 Å². The number of nitrogens with one attached hydrogen (secondary N) is 1. The fraction of sp³-hybridized carbons (Fsp3) is 0.107. The second kappa shape index (κ2) is 9.99. The fourth-order valence-corrected chi connectivity index (χ4v) is 4.12. The summed E-state index contributed by atoms with van der Waals surface area (Å²) in [6, 6.07) is 29.1. The smallest absolute Gasteiger partial charge is 0.258 e. The fourth-order valence-electron chi connectivity index (χ4n) is 3.92. The maximum absolute atomic E-state index is 12.4. The van der Waals surface area contributed by atoms with Crippen molar-refractivity contribution in [2.75, 3.05) is 6.61 Å². The average Bonchev–Trinajstić information content (AvgIpc) is 3.28. The molecule has 0 saturated heterocycles. The summed E-state index contributed by atoms with van der Waals surface area (Å²) in [6.07, 6.45) is 0. The summed E-state index contributed by atoms with van der Waals surface area (Å²) in [6.45, 7) is 2.17. The molecule has 0 fully saturated rings. The number of pyridine rings is 1. The zero-order valence-electron chi connectivity index (χ0n) is 19.1. The van der Waals surface area contributed by atoms with Crippen molar-refractivity contribution in [3.05, 3.63) is 107 Å². The minimum Gasteiger partial charge on any atom is -0.468 e. The van der Waals surface area contributed by atoms with Gasteiger partial charge in [-0.2, -0.15) is 10.1 Å². The van der Waals surface area contributed by atoms with E-state index in [0.717, 1.165) is 33.5 Å². The van der Waals surface area contributed by atoms with Crippen molar-refractivity contribution in [1.82, 2.24) is 20.1 Å². The van der Waals surface area contributed by atoms with Gasteiger partial charge in [-0.05, 0) is 36.2 Å². The topological polar surface area (TPSA) is 69.0 Å². The Balaban J connectivity index is 1.43. The number of para-hydroxylation sites is 1. The van der Waals surface area contributed by atoms with Gasteiger partial charge in [0.2, 0.25) is 5.88 Å². The molecule has 35 heavy (non-hydrogen) atoms. The number of aromatic nitrogens is 3. The van der Waals surface area contributed by atoms with Gasteiger partial charge in [0.05, 0.1) is 11.1 Å². The summed E-state index contributed by atoms with van der Waals surface area (Å²) in [5, 5.41) is 9.29. The molecule has 5 rings (SSSR count). The van der Waals surface area contributed by atoms with E-state index < -0.39 is 0 Å². The average molecular weight is 483 g/mol. The van der Waals surface area contributed by atoms with E-state index in [0.29, 0.717) is 23.1 Å². The van der Waals surface area contributed by atoms with Crippen LogP contribution < -0.4 is 10.1 Å². The molecule has 7 heteroatoms. The zero-order chi connectivity index (χ0) is 24.2. The molecule has 1 N–H and O–H groups in total. The number of carbonyl (C=O) groups is 1. The molecule has 2 heterocycles. The molecule has 0 atom stereocenters. The summed E-state index contributed by atoms with van der Waals surface area (Å²) in [4.78, 5) is 17.1. The zero-order valence-corrected chi connectivity index (χ0v) is 19.9. The van der Waals surface area contributed by atoms with Crippen LogP contribution in [0.3, 0.4) is 0 Å². The Morgan fingerprint density at radius 2 is 1.66 bits per heavy atom. The summed E-state index contributed by atoms with van der Waals surface area (Å²) in [5.74, 6) is 0.102. The van der Waals surface area contributed by atoms with Crippen LogP contribution >= 0.6 is 11.6 Å². The molecule has 0 saturated carbocycles. The Morgan fingerprint density at radius 1 is 0.971 bits per heavy atom. The number of benzene rings is 3. The van der Waals surface area contributed by atoms with Gasteiger partial charge in [-0.15, -0.1) is 0 Å². The lowest BCUT2D eigenvalue weighted by molar-refractivity contribution is -0.123. The number of ether oxygens (including phenoxy) is 1. The second-order valence-electron chi connectivity index (χ2n) is 8.09. The number of rotatable bonds is 7. The quantitative estimate of drug-likeness (QED) is 0.321. The summed E-state index contributed by atoms with van der Waals surface area (Å²) >= 11 is 6.16. The molecule has 5 aromatic rings. The minimum atomic E-state index is -0.258. The minimum absolute atomic E-state index is 0.159. The van der Waals surface area contributed by atoms with Gasteiger partial charge in [-0.25, -0.2) is 4.68 Å². The molecule has 0 spiro atoms. The van der Waals surface area contributed by atoms with E-state index in [9.17, 15) is 4.79 Å². The van der Waals surface area contributed by atoms with Gasteiger partial charge in [0.1, 0.15) is 5.69 Å². The Labute approximate surface area is 208 Å². The summed E-state index contributed by atoms with van der Waals surface area (Å²) in [5.41, 5.74) is 5.21. The van der Waals surface area contributed by atoms with Crippen LogP contribution in [-0.2, 0) is 11.3 Å². The van der Waals surface area contributed by atoms with E-state index in [1.807, 2.05) is 96.5 Å². The van der Waals surface area contributed by atoms with Gasteiger partial charge in [0, 0.05) is 23.2 Å². The maximum Gasteiger partial charge on any atom is 0.258 e. The normalized spacial score (nSPS) is 10.9. The Hall–Kier alpha value is -4.16. The Bertz CT molecular complexity index is 1480. The van der Waals surface area contributed by atoms with Crippen molar-refractivity contribution in [3.63, 3.8) is 0 Å². The van der Waals surface area contributed by atoms with Gasteiger partial charge in [0.15, 0.2) is 12.3 Å². The highest BCUT2D eigenvalue weighted by Crippen LogP contribution is 2.33. The molecule has 0 aliphatic heterocycles. The van der Waals surface area contributed by atoms with Gasteiger partial charge < -0.3 is 10.1 Å². The van der Waals surface area contributed by atoms with E-state index in [-0.39, 0.29) is 12.5 Å². The van der Waals surface area contributed by atoms with Gasteiger partial charge in [0.25, 0.3) is 5.91 Å². The monoisotopic (exact) mass is 482 g/mol. The van der Waals surface area contributed by atoms with Crippen LogP contribution in [0.4, 0.5) is 0 Å². The molecule has 0 aliphatic rings. The highest BCUT2D eigenvalue weighted by atomic mass is 35.5. The first-order chi connectivity index (χ1) is 17.1. The molecule has 3 aromatic carbocycles. The van der Waals surface area contributed by atoms with Crippen LogP contribution in [0.15, 0.2) is 91.0 Å². The van der Waals surface area contributed by atoms with Crippen LogP contribution in [0.2, 0.25) is 5.02 Å². The van der Waals surface area contributed by atoms with Crippen molar-refractivity contribution in [2.45, 2.75) is 13.5 Å². The molecule has 0 unspecified atom stereocenters. The Kier molecular flexibility index (Phi) is 6.46. The third-order valence-electron chi connectivity index (χ3n) is 5.64. The number of halogens is 1. The lowest BCUT2D eigenvalue weighted by Crippen LogP contribution is -2.28. The van der Waals surface area contributed by atoms with Crippen LogP contribution in [-0.4, -0.2) is 27.3 Å². The van der Waals surface area contributed by atoms with E-state index in [1.165, 1.54) is 0 Å². The lowest BCUT2D eigenvalue weighted by Gasteiger charge is -2.10. The number of nitrogens with zero attached hydrogens (tertiary/aromatic N) is 3. The predicted molar refractivity (Wildman–Crippen MR) is 138 cm³/mol. The first kappa shape index (κ1) is 22.6. The van der Waals surface area contributed by atoms with Crippen molar-refractivity contribution < 1.29 is 9.53 Å². The van der Waals surface area contributed by atoms with E-state index >= 15 is 0 Å². The molecule has 0 radical (unpaired) electrons. The van der Waals surface area contributed by atoms with Gasteiger partial charge >= 0.3 is 0 Å². The van der Waals surface area contributed by atoms with Crippen LogP contribution in [0, 0.1) is 6.92 Å². The molecule has 2 aromatic heterocycles. The molecule has 0 aliphatic carbocycles. The lowest BCUT2D eigenvalue weighted by atomic mass is 10.1. The summed E-state index contributed by atoms with van der Waals surface area (Å²) < 4.78 is 7.60. The maximum atomic E-state index is 12.4. The molecule has 6 nitrogen and oxygen atoms in total. The van der Waals surface area contributed by atoms with Gasteiger partial charge in [-0.3, -0.25) is 4.79 Å². The first-order valence-corrected chi connectivity index (χ1v) is 11.6. The van der Waals surface area contributed by atoms with Crippen LogP contribution in [0.1, 0.15) is 11.1 Å². The second-order valence-corrected chi connectivity index (χ2v) is 8.50. The third-order valence-corrected chi connectivity index (χ3v) is 6.01.